The fourth-order valence-electron chi connectivity index (χ4n) is 1.74. The number of aromatic amines is 1. The maximum atomic E-state index is 11.8. The van der Waals surface area contributed by atoms with Gasteiger partial charge < -0.3 is 4.98 Å². The second kappa shape index (κ2) is 9.49. The first-order valence-corrected chi connectivity index (χ1v) is 11.6. The van der Waals surface area contributed by atoms with E-state index in [0.29, 0.717) is 5.15 Å². The summed E-state index contributed by atoms with van der Waals surface area (Å²) in [7, 11) is 0. The molecule has 1 aromatic carbocycles. The van der Waals surface area contributed by atoms with E-state index in [1.165, 1.54) is 25.4 Å². The molecule has 9 nitrogen and oxygen atoms in total. The number of benzene rings is 1. The first-order valence-electron chi connectivity index (χ1n) is 6.94. The topological polar surface area (TPSA) is 126 Å². The zero-order chi connectivity index (χ0) is 19.2. The summed E-state index contributed by atoms with van der Waals surface area (Å²) >= 11 is 3.46. The van der Waals surface area contributed by atoms with Gasteiger partial charge in [-0.1, -0.05) is 11.6 Å². The monoisotopic (exact) mass is 554 g/mol. The molecule has 138 valence electrons. The molecular formula is C14H13AsClIN4O5. The average Bonchev–Trinajstić information content (AvgIpc) is 3.03. The second-order valence-corrected chi connectivity index (χ2v) is 10.1. The van der Waals surface area contributed by atoms with Crippen LogP contribution in [0.2, 0.25) is 5.15 Å². The number of halogens is 2. The number of fused-ring (bicyclic) bond motifs is 1. The first-order chi connectivity index (χ1) is 12.4. The fourth-order valence-corrected chi connectivity index (χ4v) is 4.94. The zero-order valence-corrected chi connectivity index (χ0v) is 18.0. The molecule has 1 atom stereocenters. The Balaban J connectivity index is 0.000000195. The molecule has 0 spiro atoms. The van der Waals surface area contributed by atoms with Gasteiger partial charge in [-0.2, -0.15) is 0 Å². The van der Waals surface area contributed by atoms with Gasteiger partial charge in [-0.15, -0.1) is 0 Å². The minimum Gasteiger partial charge on any atom is -0.345 e. The van der Waals surface area contributed by atoms with Crippen LogP contribution in [0.15, 0.2) is 42.9 Å². The number of hydrogen-bond donors (Lipinski definition) is 3. The van der Waals surface area contributed by atoms with Gasteiger partial charge in [0.25, 0.3) is 0 Å². The van der Waals surface area contributed by atoms with Crippen LogP contribution in [0.3, 0.4) is 0 Å². The molecule has 2 heterocycles. The van der Waals surface area contributed by atoms with Crippen molar-refractivity contribution in [2.75, 3.05) is 0 Å². The van der Waals surface area contributed by atoms with Gasteiger partial charge in [0, 0.05) is 9.77 Å². The summed E-state index contributed by atoms with van der Waals surface area (Å²) in [6.45, 7) is 1.18. The first kappa shape index (κ1) is 20.9. The summed E-state index contributed by atoms with van der Waals surface area (Å²) in [5, 5.41) is 9.94. The Bertz CT molecular complexity index is 939. The van der Waals surface area contributed by atoms with Crippen molar-refractivity contribution in [3.63, 3.8) is 0 Å². The van der Waals surface area contributed by atoms with Crippen molar-refractivity contribution in [1.82, 2.24) is 20.4 Å². The van der Waals surface area contributed by atoms with Crippen molar-refractivity contribution in [2.45, 2.75) is 6.92 Å². The molecule has 12 heteroatoms. The number of hydrogen-bond acceptors (Lipinski definition) is 7. The van der Waals surface area contributed by atoms with Gasteiger partial charge in [-0.3, -0.25) is 0 Å². The SMILES string of the molecule is CC(=O)NO[As](=O)(OO)c1ccccc1.Clc1ncnc2[nH]cc(I)c12. The molecule has 1 unspecified atom stereocenters. The third-order valence-electron chi connectivity index (χ3n) is 2.86. The third-order valence-corrected chi connectivity index (χ3v) is 7.10. The van der Waals surface area contributed by atoms with Crippen LogP contribution in [0.4, 0.5) is 0 Å². The number of carbonyl (C=O) groups excluding carboxylic acids is 1. The largest absolute Gasteiger partial charge is 0.345 e. The molecule has 0 bridgehead atoms. The van der Waals surface area contributed by atoms with E-state index in [2.05, 4.69) is 45.2 Å². The van der Waals surface area contributed by atoms with Crippen LogP contribution in [0, 0.1) is 3.57 Å². The van der Waals surface area contributed by atoms with Gasteiger partial charge in [0.1, 0.15) is 17.1 Å². The predicted molar refractivity (Wildman–Crippen MR) is 103 cm³/mol. The number of amides is 1. The van der Waals surface area contributed by atoms with E-state index in [-0.39, 0.29) is 4.35 Å². The van der Waals surface area contributed by atoms with Crippen molar-refractivity contribution >= 4 is 69.7 Å². The third kappa shape index (κ3) is 5.29. The van der Waals surface area contributed by atoms with Crippen LogP contribution < -0.4 is 9.83 Å². The van der Waals surface area contributed by atoms with Crippen molar-refractivity contribution < 1.29 is 21.5 Å². The van der Waals surface area contributed by atoms with Crippen LogP contribution in [0.25, 0.3) is 11.0 Å². The van der Waals surface area contributed by atoms with E-state index >= 15 is 0 Å². The van der Waals surface area contributed by atoms with E-state index < -0.39 is 20.1 Å². The van der Waals surface area contributed by atoms with Crippen LogP contribution in [0.1, 0.15) is 6.92 Å². The summed E-state index contributed by atoms with van der Waals surface area (Å²) in [5.41, 5.74) is 2.66. The molecule has 0 aliphatic heterocycles. The smallest absolute Gasteiger partial charge is 0.143 e. The van der Waals surface area contributed by atoms with Gasteiger partial charge in [0.15, 0.2) is 0 Å². The van der Waals surface area contributed by atoms with Gasteiger partial charge >= 0.3 is 88.7 Å². The molecule has 3 N–H and O–H groups in total. The molecule has 0 radical (unpaired) electrons. The molecule has 1 amide bonds. The number of H-pyrrole nitrogens is 1. The van der Waals surface area contributed by atoms with E-state index in [0.717, 1.165) is 14.6 Å². The fraction of sp³-hybridized carbons (Fsp3) is 0.0714. The summed E-state index contributed by atoms with van der Waals surface area (Å²) < 4.78 is 21.5. The Labute approximate surface area is 169 Å². The van der Waals surface area contributed by atoms with Crippen molar-refractivity contribution in [3.05, 3.63) is 51.6 Å². The Morgan fingerprint density at radius 2 is 2.04 bits per heavy atom. The molecule has 0 saturated carbocycles. The molecule has 0 saturated heterocycles. The summed E-state index contributed by atoms with van der Waals surface area (Å²) in [5.74, 6) is -0.537. The molecule has 0 aliphatic carbocycles. The van der Waals surface area contributed by atoms with Gasteiger partial charge in [0.2, 0.25) is 0 Å². The molecular weight excluding hydrogens is 541 g/mol. The number of nitrogens with zero attached hydrogens (tertiary/aromatic N) is 2. The number of aromatic nitrogens is 3. The number of nitrogens with one attached hydrogen (secondary N) is 2. The summed E-state index contributed by atoms with van der Waals surface area (Å²) in [6, 6.07) is 7.87. The Hall–Kier alpha value is -1.43. The van der Waals surface area contributed by atoms with Crippen LogP contribution in [-0.2, 0) is 16.2 Å². The Kier molecular flexibility index (Phi) is 7.62. The molecule has 26 heavy (non-hydrogen) atoms. The number of rotatable bonds is 4. The van der Waals surface area contributed by atoms with Gasteiger partial charge in [-0.05, 0) is 22.6 Å². The van der Waals surface area contributed by atoms with Crippen molar-refractivity contribution in [2.24, 2.45) is 0 Å². The minimum atomic E-state index is -4.55. The van der Waals surface area contributed by atoms with E-state index in [1.807, 2.05) is 11.7 Å². The molecule has 0 aliphatic rings. The van der Waals surface area contributed by atoms with Crippen LogP contribution >= 0.6 is 34.2 Å². The maximum Gasteiger partial charge on any atom is 0.143 e. The standard InChI is InChI=1S/C8H10AsNO5.C6H3ClIN3/c1-7(11)10-14-9(12,15-13)8-5-3-2-4-6-8;7-5-4-3(8)1-9-6(4)11-2-10-5/h2-6,13H,1H3,(H,10,11);1-2H,(H,9,10,11). The maximum absolute atomic E-state index is 11.8. The van der Waals surface area contributed by atoms with Crippen LogP contribution in [0.5, 0.6) is 0 Å². The quantitative estimate of drug-likeness (QED) is 0.148. The number of hydroxylamine groups is 1. The van der Waals surface area contributed by atoms with Crippen molar-refractivity contribution in [1.29, 1.82) is 0 Å². The van der Waals surface area contributed by atoms with Gasteiger partial charge in [-0.25, -0.2) is 9.97 Å². The zero-order valence-electron chi connectivity index (χ0n) is 13.2. The van der Waals surface area contributed by atoms with E-state index in [1.54, 1.807) is 18.2 Å². The van der Waals surface area contributed by atoms with Crippen LogP contribution in [-0.4, -0.2) is 40.3 Å². The molecule has 2 aromatic heterocycles. The Morgan fingerprint density at radius 1 is 1.35 bits per heavy atom. The van der Waals surface area contributed by atoms with E-state index in [9.17, 15) is 8.53 Å². The molecule has 0 fully saturated rings. The summed E-state index contributed by atoms with van der Waals surface area (Å²) in [4.78, 5) is 21.4. The van der Waals surface area contributed by atoms with E-state index in [4.69, 9.17) is 16.9 Å². The predicted octanol–water partition coefficient (Wildman–Crippen LogP) is 2.04. The molecule has 3 aromatic rings. The van der Waals surface area contributed by atoms with Crippen molar-refractivity contribution in [3.8, 4) is 0 Å². The Morgan fingerprint density at radius 3 is 2.62 bits per heavy atom. The second-order valence-electron chi connectivity index (χ2n) is 4.69. The number of carbonyl (C=O) groups is 1. The minimum absolute atomic E-state index is 0.201. The normalized spacial score (nSPS) is 12.8. The molecule has 3 rings (SSSR count). The summed E-state index contributed by atoms with van der Waals surface area (Å²) in [6.07, 6.45) is 3.29. The van der Waals surface area contributed by atoms with Gasteiger partial charge in [0.05, 0.1) is 5.39 Å². The average molecular weight is 555 g/mol.